The molecule has 0 saturated heterocycles. The summed E-state index contributed by atoms with van der Waals surface area (Å²) in [4.78, 5) is 73.3. The molecular formula is C38H58N6O9. The standard InChI is InChI=1S/C28H42N4O6.C10H16N2O3/c1-23(25(3)33)31-37-19-11-7-5-9-17-35-29-21-27-13-15-28(16-14-27)22-30-36-18-10-6-8-12-20-38-32-24(2)26(4)34;1-5-10(14)8(3)11-6-15-12-7(2)9(4)13/h13-16,21-22H,5-12,17-20H2,1-4H3;5-6H2,1-4H3/b29-21+,30-22+,31-23+,32-24+;11-8?,12-7-. The van der Waals surface area contributed by atoms with Crippen LogP contribution in [-0.2, 0) is 43.4 Å². The SMILES string of the molecule is CC(=O)/C(C)=N/OCCCCCCO/N=C/c1ccc(/C=N/OCCCCCCO/N=C(\C)C(C)=O)cc1.CCC(=O)C(C)=NCO/N=C(/C)C(C)=O. The molecule has 0 spiro atoms. The maximum atomic E-state index is 11.1. The van der Waals surface area contributed by atoms with Gasteiger partial charge in [-0.1, -0.05) is 57.0 Å². The van der Waals surface area contributed by atoms with Crippen LogP contribution in [0.5, 0.6) is 0 Å². The summed E-state index contributed by atoms with van der Waals surface area (Å²) in [5, 5.41) is 19.1. The zero-order valence-corrected chi connectivity index (χ0v) is 32.7. The second-order valence-corrected chi connectivity index (χ2v) is 11.8. The number of aliphatic imine (C=N–C) groups is 1. The van der Waals surface area contributed by atoms with Crippen LogP contribution in [-0.4, -0.2) is 91.6 Å². The minimum atomic E-state index is -0.152. The zero-order valence-electron chi connectivity index (χ0n) is 32.7. The fourth-order valence-electron chi connectivity index (χ4n) is 3.42. The summed E-state index contributed by atoms with van der Waals surface area (Å²) in [5.74, 6) is -0.332. The molecule has 0 amide bonds. The third-order valence-electron chi connectivity index (χ3n) is 7.15. The van der Waals surface area contributed by atoms with Gasteiger partial charge in [-0.15, -0.1) is 0 Å². The smallest absolute Gasteiger partial charge is 0.207 e. The van der Waals surface area contributed by atoms with Gasteiger partial charge in [0.15, 0.2) is 23.1 Å². The number of rotatable bonds is 28. The summed E-state index contributed by atoms with van der Waals surface area (Å²) >= 11 is 0. The van der Waals surface area contributed by atoms with Crippen LogP contribution < -0.4 is 0 Å². The fourth-order valence-corrected chi connectivity index (χ4v) is 3.42. The first kappa shape index (κ1) is 47.9. The van der Waals surface area contributed by atoms with Crippen molar-refractivity contribution in [2.45, 2.75) is 113 Å². The van der Waals surface area contributed by atoms with Crippen molar-refractivity contribution in [3.8, 4) is 0 Å². The van der Waals surface area contributed by atoms with Gasteiger partial charge in [-0.2, -0.15) is 0 Å². The molecule has 53 heavy (non-hydrogen) atoms. The first-order chi connectivity index (χ1) is 25.4. The van der Waals surface area contributed by atoms with Gasteiger partial charge in [0.1, 0.15) is 43.6 Å². The Kier molecular flexibility index (Phi) is 28.6. The van der Waals surface area contributed by atoms with Crippen molar-refractivity contribution in [1.29, 1.82) is 0 Å². The number of hydrogen-bond donors (Lipinski definition) is 0. The topological polar surface area (TPSA) is 189 Å². The predicted octanol–water partition coefficient (Wildman–Crippen LogP) is 6.84. The number of carbonyl (C=O) groups is 4. The van der Waals surface area contributed by atoms with Gasteiger partial charge in [-0.3, -0.25) is 19.2 Å². The molecular weight excluding hydrogens is 684 g/mol. The molecule has 0 radical (unpaired) electrons. The lowest BCUT2D eigenvalue weighted by atomic mass is 10.2. The van der Waals surface area contributed by atoms with Crippen LogP contribution in [0.3, 0.4) is 0 Å². The second-order valence-electron chi connectivity index (χ2n) is 11.8. The van der Waals surface area contributed by atoms with Gasteiger partial charge in [0, 0.05) is 27.2 Å². The van der Waals surface area contributed by atoms with Crippen molar-refractivity contribution < 1.29 is 43.4 Å². The minimum Gasteiger partial charge on any atom is -0.396 e. The van der Waals surface area contributed by atoms with E-state index >= 15 is 0 Å². The van der Waals surface area contributed by atoms with Gasteiger partial charge in [0.2, 0.25) is 6.73 Å². The Hall–Kier alpha value is -5.08. The molecule has 0 unspecified atom stereocenters. The van der Waals surface area contributed by atoms with Crippen molar-refractivity contribution in [3.63, 3.8) is 0 Å². The van der Waals surface area contributed by atoms with Crippen molar-refractivity contribution >= 4 is 58.4 Å². The number of oxime groups is 5. The van der Waals surface area contributed by atoms with Crippen LogP contribution >= 0.6 is 0 Å². The molecule has 0 N–H and O–H groups in total. The van der Waals surface area contributed by atoms with E-state index in [0.29, 0.717) is 50.0 Å². The Bertz CT molecular complexity index is 1340. The lowest BCUT2D eigenvalue weighted by Gasteiger charge is -2.02. The van der Waals surface area contributed by atoms with E-state index in [0.717, 1.165) is 62.5 Å². The normalized spacial score (nSPS) is 12.3. The maximum absolute atomic E-state index is 11.1. The van der Waals surface area contributed by atoms with Crippen LogP contribution in [0.4, 0.5) is 0 Å². The fraction of sp³-hybridized carbons (Fsp3) is 0.579. The van der Waals surface area contributed by atoms with Crippen molar-refractivity contribution in [2.75, 3.05) is 33.2 Å². The Morgan fingerprint density at radius 2 is 0.830 bits per heavy atom. The third kappa shape index (κ3) is 28.2. The summed E-state index contributed by atoms with van der Waals surface area (Å²) in [5.41, 5.74) is 3.35. The summed E-state index contributed by atoms with van der Waals surface area (Å²) in [6.45, 7) is 14.7. The molecule has 0 saturated carbocycles. The number of nitrogens with zero attached hydrogens (tertiary/aromatic N) is 6. The lowest BCUT2D eigenvalue weighted by Crippen LogP contribution is -2.09. The average Bonchev–Trinajstić information content (AvgIpc) is 3.14. The van der Waals surface area contributed by atoms with E-state index in [1.165, 1.54) is 20.8 Å². The molecule has 0 fully saturated rings. The van der Waals surface area contributed by atoms with E-state index in [1.54, 1.807) is 47.0 Å². The quantitative estimate of drug-likeness (QED) is 0.0503. The van der Waals surface area contributed by atoms with E-state index in [9.17, 15) is 19.2 Å². The van der Waals surface area contributed by atoms with E-state index < -0.39 is 0 Å². The first-order valence-electron chi connectivity index (χ1n) is 17.9. The molecule has 0 aliphatic heterocycles. The minimum absolute atomic E-state index is 0.0223. The van der Waals surface area contributed by atoms with Gasteiger partial charge in [0.25, 0.3) is 0 Å². The van der Waals surface area contributed by atoms with Crippen molar-refractivity contribution in [3.05, 3.63) is 35.4 Å². The third-order valence-corrected chi connectivity index (χ3v) is 7.15. The van der Waals surface area contributed by atoms with Gasteiger partial charge in [0.05, 0.1) is 18.1 Å². The molecule has 0 aromatic heterocycles. The highest BCUT2D eigenvalue weighted by Gasteiger charge is 2.02. The van der Waals surface area contributed by atoms with Gasteiger partial charge in [-0.05, 0) is 90.2 Å². The zero-order chi connectivity index (χ0) is 39.7. The van der Waals surface area contributed by atoms with Crippen LogP contribution in [0.15, 0.2) is 55.0 Å². The Balaban J connectivity index is 0.00000151. The Morgan fingerprint density at radius 3 is 1.17 bits per heavy atom. The summed E-state index contributed by atoms with van der Waals surface area (Å²) in [6.07, 6.45) is 11.4. The van der Waals surface area contributed by atoms with E-state index in [-0.39, 0.29) is 35.6 Å². The number of hydrogen-bond acceptors (Lipinski definition) is 15. The molecule has 0 heterocycles. The van der Waals surface area contributed by atoms with Crippen LogP contribution in [0.1, 0.15) is 124 Å². The van der Waals surface area contributed by atoms with Crippen LogP contribution in [0.2, 0.25) is 0 Å². The van der Waals surface area contributed by atoms with Crippen LogP contribution in [0, 0.1) is 0 Å². The van der Waals surface area contributed by atoms with Crippen LogP contribution in [0.25, 0.3) is 0 Å². The molecule has 1 aromatic rings. The van der Waals surface area contributed by atoms with E-state index in [4.69, 9.17) is 24.2 Å². The Morgan fingerprint density at radius 1 is 0.491 bits per heavy atom. The average molecular weight is 743 g/mol. The molecule has 15 nitrogen and oxygen atoms in total. The second kappa shape index (κ2) is 31.6. The number of carbonyl (C=O) groups excluding carboxylic acids is 4. The molecule has 15 heteroatoms. The first-order valence-corrected chi connectivity index (χ1v) is 17.9. The number of unbranched alkanes of at least 4 members (excludes halogenated alkanes) is 6. The molecule has 1 rings (SSSR count). The summed E-state index contributed by atoms with van der Waals surface area (Å²) in [7, 11) is 0. The van der Waals surface area contributed by atoms with E-state index in [2.05, 4.69) is 30.8 Å². The summed E-state index contributed by atoms with van der Waals surface area (Å²) < 4.78 is 0. The molecule has 294 valence electrons. The maximum Gasteiger partial charge on any atom is 0.207 e. The Labute approximate surface area is 313 Å². The molecule has 0 atom stereocenters. The highest BCUT2D eigenvalue weighted by molar-refractivity contribution is 6.39. The number of Topliss-reactive ketones (excluding diaryl/α,β-unsaturated/α-hetero) is 4. The molecule has 0 bridgehead atoms. The van der Waals surface area contributed by atoms with E-state index in [1.807, 2.05) is 24.3 Å². The molecule has 1 aromatic carbocycles. The largest absolute Gasteiger partial charge is 0.396 e. The van der Waals surface area contributed by atoms with Gasteiger partial charge < -0.3 is 24.2 Å². The highest BCUT2D eigenvalue weighted by Crippen LogP contribution is 2.04. The van der Waals surface area contributed by atoms with Crippen molar-refractivity contribution in [1.82, 2.24) is 0 Å². The molecule has 0 aliphatic rings. The monoisotopic (exact) mass is 742 g/mol. The number of benzene rings is 1. The number of ketones is 4. The van der Waals surface area contributed by atoms with Crippen molar-refractivity contribution in [2.24, 2.45) is 30.8 Å². The van der Waals surface area contributed by atoms with Gasteiger partial charge in [-0.25, -0.2) is 4.99 Å². The lowest BCUT2D eigenvalue weighted by molar-refractivity contribution is -0.113. The molecule has 0 aliphatic carbocycles. The summed E-state index contributed by atoms with van der Waals surface area (Å²) in [6, 6.07) is 7.76. The van der Waals surface area contributed by atoms with Gasteiger partial charge >= 0.3 is 0 Å². The predicted molar refractivity (Wildman–Crippen MR) is 208 cm³/mol. The highest BCUT2D eigenvalue weighted by atomic mass is 16.6.